The molecule has 0 spiro atoms. The molecule has 1 saturated heterocycles. The maximum absolute atomic E-state index is 12.8. The lowest BCUT2D eigenvalue weighted by Crippen LogP contribution is -2.36. The molecule has 0 atom stereocenters. The number of pyridine rings is 1. The van der Waals surface area contributed by atoms with Gasteiger partial charge in [-0.25, -0.2) is 4.98 Å². The SMILES string of the molecule is FCCCC(CCCF)Oc1cc(-c2nc(C3CCCC3)cs2)cc(N2CCOCC2)n1. The monoisotopic (exact) mass is 465 g/mol. The van der Waals surface area contributed by atoms with E-state index in [2.05, 4.69) is 16.3 Å². The predicted molar refractivity (Wildman–Crippen MR) is 124 cm³/mol. The summed E-state index contributed by atoms with van der Waals surface area (Å²) in [4.78, 5) is 11.9. The Bertz CT molecular complexity index is 830. The van der Waals surface area contributed by atoms with Crippen molar-refractivity contribution in [3.05, 3.63) is 23.2 Å². The lowest BCUT2D eigenvalue weighted by molar-refractivity contribution is 0.122. The third-order valence-corrected chi connectivity index (χ3v) is 7.18. The molecule has 2 fully saturated rings. The highest BCUT2D eigenvalue weighted by Crippen LogP contribution is 2.37. The Kier molecular flexibility index (Phi) is 8.68. The van der Waals surface area contributed by atoms with Crippen molar-refractivity contribution in [3.8, 4) is 16.5 Å². The fourth-order valence-corrected chi connectivity index (χ4v) is 5.39. The van der Waals surface area contributed by atoms with Gasteiger partial charge in [0.2, 0.25) is 5.88 Å². The molecule has 1 aliphatic heterocycles. The van der Waals surface area contributed by atoms with Crippen LogP contribution in [0.3, 0.4) is 0 Å². The third kappa shape index (κ3) is 6.16. The lowest BCUT2D eigenvalue weighted by Gasteiger charge is -2.28. The van der Waals surface area contributed by atoms with Crippen molar-refractivity contribution in [1.29, 1.82) is 0 Å². The summed E-state index contributed by atoms with van der Waals surface area (Å²) in [6, 6.07) is 4.01. The van der Waals surface area contributed by atoms with Gasteiger partial charge in [0, 0.05) is 36.0 Å². The van der Waals surface area contributed by atoms with E-state index in [1.165, 1.54) is 31.4 Å². The van der Waals surface area contributed by atoms with Crippen molar-refractivity contribution < 1.29 is 18.3 Å². The molecule has 0 unspecified atom stereocenters. The molecule has 5 nitrogen and oxygen atoms in total. The first-order chi connectivity index (χ1) is 15.8. The number of halogens is 2. The van der Waals surface area contributed by atoms with E-state index in [0.29, 0.717) is 50.7 Å². The largest absolute Gasteiger partial charge is 0.474 e. The van der Waals surface area contributed by atoms with Crippen LogP contribution in [0, 0.1) is 0 Å². The van der Waals surface area contributed by atoms with Crippen LogP contribution in [0.15, 0.2) is 17.5 Å². The molecule has 1 saturated carbocycles. The number of rotatable bonds is 11. The van der Waals surface area contributed by atoms with Gasteiger partial charge in [0.1, 0.15) is 16.9 Å². The summed E-state index contributed by atoms with van der Waals surface area (Å²) in [5.41, 5.74) is 2.18. The molecular weight excluding hydrogens is 432 g/mol. The van der Waals surface area contributed by atoms with Gasteiger partial charge in [-0.3, -0.25) is 8.78 Å². The van der Waals surface area contributed by atoms with Crippen molar-refractivity contribution in [2.45, 2.75) is 63.4 Å². The predicted octanol–water partition coefficient (Wildman–Crippen LogP) is 5.95. The van der Waals surface area contributed by atoms with E-state index in [0.717, 1.165) is 29.5 Å². The van der Waals surface area contributed by atoms with Gasteiger partial charge in [-0.2, -0.15) is 4.98 Å². The zero-order valence-electron chi connectivity index (χ0n) is 18.6. The van der Waals surface area contributed by atoms with Gasteiger partial charge in [-0.15, -0.1) is 11.3 Å². The number of anilines is 1. The number of hydrogen-bond acceptors (Lipinski definition) is 6. The Morgan fingerprint density at radius 2 is 1.78 bits per heavy atom. The van der Waals surface area contributed by atoms with Crippen LogP contribution >= 0.6 is 11.3 Å². The molecule has 8 heteroatoms. The summed E-state index contributed by atoms with van der Waals surface area (Å²) in [5.74, 6) is 1.92. The van der Waals surface area contributed by atoms with Crippen LogP contribution in [0.1, 0.15) is 63.0 Å². The zero-order valence-corrected chi connectivity index (χ0v) is 19.4. The van der Waals surface area contributed by atoms with Gasteiger partial charge in [0.05, 0.1) is 32.3 Å². The van der Waals surface area contributed by atoms with E-state index >= 15 is 0 Å². The van der Waals surface area contributed by atoms with E-state index in [4.69, 9.17) is 19.4 Å². The van der Waals surface area contributed by atoms with Gasteiger partial charge in [-0.05, 0) is 44.6 Å². The van der Waals surface area contributed by atoms with E-state index in [-0.39, 0.29) is 6.10 Å². The zero-order chi connectivity index (χ0) is 22.2. The van der Waals surface area contributed by atoms with Gasteiger partial charge in [-0.1, -0.05) is 12.8 Å². The van der Waals surface area contributed by atoms with E-state index in [1.54, 1.807) is 11.3 Å². The van der Waals surface area contributed by atoms with Crippen molar-refractivity contribution >= 4 is 17.2 Å². The smallest absolute Gasteiger partial charge is 0.216 e. The number of nitrogens with zero attached hydrogens (tertiary/aromatic N) is 3. The first kappa shape index (κ1) is 23.4. The average Bonchev–Trinajstić information content (AvgIpc) is 3.53. The second-order valence-corrected chi connectivity index (χ2v) is 9.47. The number of hydrogen-bond donors (Lipinski definition) is 0. The number of aromatic nitrogens is 2. The van der Waals surface area contributed by atoms with Crippen LogP contribution in [-0.4, -0.2) is 55.7 Å². The molecule has 32 heavy (non-hydrogen) atoms. The molecule has 3 heterocycles. The van der Waals surface area contributed by atoms with Crippen LogP contribution in [-0.2, 0) is 4.74 Å². The van der Waals surface area contributed by atoms with Gasteiger partial charge >= 0.3 is 0 Å². The number of alkyl halides is 2. The first-order valence-electron chi connectivity index (χ1n) is 11.9. The topological polar surface area (TPSA) is 47.5 Å². The highest BCUT2D eigenvalue weighted by molar-refractivity contribution is 7.13. The molecule has 0 radical (unpaired) electrons. The second kappa shape index (κ2) is 11.9. The Morgan fingerprint density at radius 1 is 1.06 bits per heavy atom. The molecule has 4 rings (SSSR count). The van der Waals surface area contributed by atoms with Crippen molar-refractivity contribution in [1.82, 2.24) is 9.97 Å². The molecule has 176 valence electrons. The average molecular weight is 466 g/mol. The number of morpholine rings is 1. The fraction of sp³-hybridized carbons (Fsp3) is 0.667. The minimum atomic E-state index is -0.398. The first-order valence-corrected chi connectivity index (χ1v) is 12.7. The molecule has 0 bridgehead atoms. The van der Waals surface area contributed by atoms with Crippen LogP contribution in [0.2, 0.25) is 0 Å². The molecule has 0 aromatic carbocycles. The van der Waals surface area contributed by atoms with Crippen LogP contribution < -0.4 is 9.64 Å². The highest BCUT2D eigenvalue weighted by atomic mass is 32.1. The summed E-state index contributed by atoms with van der Waals surface area (Å²) in [7, 11) is 0. The van der Waals surface area contributed by atoms with Crippen LogP contribution in [0.5, 0.6) is 5.88 Å². The summed E-state index contributed by atoms with van der Waals surface area (Å²) in [6.07, 6.45) is 6.68. The Labute approximate surface area is 193 Å². The number of ether oxygens (including phenoxy) is 2. The van der Waals surface area contributed by atoms with Gasteiger partial charge < -0.3 is 14.4 Å². The summed E-state index contributed by atoms with van der Waals surface area (Å²) in [6.45, 7) is 2.08. The molecule has 2 aromatic heterocycles. The Balaban J connectivity index is 1.60. The van der Waals surface area contributed by atoms with Gasteiger partial charge in [0.15, 0.2) is 0 Å². The quantitative estimate of drug-likeness (QED) is 0.411. The Morgan fingerprint density at radius 3 is 2.47 bits per heavy atom. The third-order valence-electron chi connectivity index (χ3n) is 6.27. The second-order valence-electron chi connectivity index (χ2n) is 8.61. The summed E-state index contributed by atoms with van der Waals surface area (Å²) < 4.78 is 37.2. The molecular formula is C24H33F2N3O2S. The summed E-state index contributed by atoms with van der Waals surface area (Å²) in [5, 5.41) is 3.16. The standard InChI is InChI=1S/C24H33F2N3O2S/c25-9-3-7-20(8-4-10-26)31-23-16-19(15-22(28-23)29-11-13-30-14-12-29)24-27-21(17-32-24)18-5-1-2-6-18/h15-18,20H,1-14H2. The lowest BCUT2D eigenvalue weighted by atomic mass is 10.1. The maximum atomic E-state index is 12.8. The van der Waals surface area contributed by atoms with E-state index in [9.17, 15) is 8.78 Å². The number of thiazole rings is 1. The van der Waals surface area contributed by atoms with Crippen molar-refractivity contribution in [2.24, 2.45) is 0 Å². The van der Waals surface area contributed by atoms with E-state index < -0.39 is 13.3 Å². The minimum Gasteiger partial charge on any atom is -0.474 e. The van der Waals surface area contributed by atoms with Gasteiger partial charge in [0.25, 0.3) is 0 Å². The van der Waals surface area contributed by atoms with E-state index in [1.807, 2.05) is 6.07 Å². The molecule has 1 aliphatic carbocycles. The highest BCUT2D eigenvalue weighted by Gasteiger charge is 2.22. The fourth-order valence-electron chi connectivity index (χ4n) is 4.50. The molecule has 0 N–H and O–H groups in total. The Hall–Kier alpha value is -1.80. The van der Waals surface area contributed by atoms with Crippen LogP contribution in [0.4, 0.5) is 14.6 Å². The van der Waals surface area contributed by atoms with Crippen molar-refractivity contribution in [2.75, 3.05) is 44.6 Å². The van der Waals surface area contributed by atoms with Crippen molar-refractivity contribution in [3.63, 3.8) is 0 Å². The summed E-state index contributed by atoms with van der Waals surface area (Å²) >= 11 is 1.66. The maximum Gasteiger partial charge on any atom is 0.216 e. The molecule has 2 aliphatic rings. The van der Waals surface area contributed by atoms with Crippen LogP contribution in [0.25, 0.3) is 10.6 Å². The molecule has 0 amide bonds. The normalized spacial score (nSPS) is 17.4. The minimum absolute atomic E-state index is 0.243. The molecule has 2 aromatic rings.